The number of nitrogens with one attached hydrogen (secondary N) is 2. The van der Waals surface area contributed by atoms with Crippen molar-refractivity contribution < 1.29 is 243 Å². The second kappa shape index (κ2) is 38.7. The lowest BCUT2D eigenvalue weighted by molar-refractivity contribution is -0.690. The summed E-state index contributed by atoms with van der Waals surface area (Å²) in [6, 6.07) is 8.38. The minimum Gasteiger partial charge on any atom is -0.544 e. The predicted octanol–water partition coefficient (Wildman–Crippen LogP) is 11.9. The van der Waals surface area contributed by atoms with Crippen LogP contribution in [-0.2, 0) is 73.9 Å². The largest absolute Gasteiger partial charge is 0.544 e. The van der Waals surface area contributed by atoms with Gasteiger partial charge in [0.05, 0.1) is 4.43 Å². The Balaban J connectivity index is -0.00000129. The van der Waals surface area contributed by atoms with Crippen LogP contribution in [-0.4, -0.2) is 182 Å². The number of carbonyl (C=O) groups excluding carboxylic acids is 4. The molecule has 0 bridgehead atoms. The summed E-state index contributed by atoms with van der Waals surface area (Å²) in [6.07, 6.45) is -88.1. The zero-order chi connectivity index (χ0) is 85.8. The van der Waals surface area contributed by atoms with Crippen LogP contribution >= 0.6 is 34.2 Å². The molecule has 0 saturated heterocycles. The molecule has 6 N–H and O–H groups in total. The van der Waals surface area contributed by atoms with Gasteiger partial charge < -0.3 is 36.5 Å². The van der Waals surface area contributed by atoms with E-state index in [-0.39, 0.29) is 15.6 Å². The van der Waals surface area contributed by atoms with E-state index in [1.807, 2.05) is 12.1 Å². The van der Waals surface area contributed by atoms with Gasteiger partial charge >= 0.3 is 109 Å². The van der Waals surface area contributed by atoms with Crippen LogP contribution in [0, 0.1) is 0 Å². The van der Waals surface area contributed by atoms with E-state index in [1.165, 1.54) is 22.8 Å². The standard InChI is InChI=1S/C14H10F10N2O4.C12H8F10N2O2.C6HClF10O2.C6H2F10O3.C6H8N2.C2H3IO2/c15-11(16,17)9(30-14(23,24)12(18,19)13(20,21)22)10(29)25-5-7-1-3-26(4-2-7)6-8(27)28;13-9(14,15)7(8(25)24-5-6-1-3-23-4-2-6)26-12(21,22)10(16,17)11(18,19)20;7-2(18)1(3(8,9)10)19-6(16,17)4(11,12)5(13,14)15;7-3(8,9)1(2(17)18)19-6(15,16)4(10,11)5(12,13)14;7-5-6-1-3-8-4-2-6;3-1-2(4)5/h1-4,9H,5-6H2,(H-,25,27,28,29);1-4,7H,5H2,(H,24,25);1H;1H,(H,17,18);1-4H,5,7H2;1H2,(H,4,5). The minimum atomic E-state index is -7.02. The van der Waals surface area contributed by atoms with Crippen LogP contribution in [0.2, 0.25) is 0 Å². The topological polar surface area (TPSA) is 283 Å². The molecule has 0 aliphatic heterocycles. The van der Waals surface area contributed by atoms with Crippen molar-refractivity contribution in [2.75, 3.05) is 4.43 Å². The summed E-state index contributed by atoms with van der Waals surface area (Å²) in [6.45, 7) is -1.50. The molecule has 3 rings (SSSR count). The summed E-state index contributed by atoms with van der Waals surface area (Å²) in [5.41, 5.74) is 6.58. The first kappa shape index (κ1) is 104. The molecule has 0 fully saturated rings. The highest BCUT2D eigenvalue weighted by molar-refractivity contribution is 14.1. The number of halogens is 42. The Kier molecular flexibility index (Phi) is 37.5. The van der Waals surface area contributed by atoms with Crippen molar-refractivity contribution in [1.29, 1.82) is 0 Å². The first-order valence-electron chi connectivity index (χ1n) is 24.9. The zero-order valence-electron chi connectivity index (χ0n) is 49.5. The number of aliphatic carboxylic acids is 3. The minimum absolute atomic E-state index is 0.00810. The Morgan fingerprint density at radius 2 is 0.664 bits per heavy atom. The van der Waals surface area contributed by atoms with Gasteiger partial charge in [-0.1, -0.05) is 22.6 Å². The number of aromatic nitrogens is 3. The summed E-state index contributed by atoms with van der Waals surface area (Å²) in [4.78, 5) is 70.0. The van der Waals surface area contributed by atoms with Crippen LogP contribution in [0.5, 0.6) is 0 Å². The maximum Gasteiger partial charge on any atom is 0.462 e. The number of pyridine rings is 3. The van der Waals surface area contributed by atoms with E-state index in [4.69, 9.17) is 15.9 Å². The van der Waals surface area contributed by atoms with Gasteiger partial charge in [0.25, 0.3) is 23.2 Å². The van der Waals surface area contributed by atoms with Gasteiger partial charge in [0.1, 0.15) is 5.97 Å². The highest BCUT2D eigenvalue weighted by Crippen LogP contribution is 2.52. The van der Waals surface area contributed by atoms with Crippen LogP contribution in [0.1, 0.15) is 16.7 Å². The fourth-order valence-electron chi connectivity index (χ4n) is 5.03. The first-order chi connectivity index (χ1) is 47.3. The Bertz CT molecular complexity index is 3220. The molecule has 19 nitrogen and oxygen atoms in total. The summed E-state index contributed by atoms with van der Waals surface area (Å²) >= 11 is 5.93. The highest BCUT2D eigenvalue weighted by Gasteiger charge is 2.80. The van der Waals surface area contributed by atoms with Crippen molar-refractivity contribution >= 4 is 69.2 Å². The lowest BCUT2D eigenvalue weighted by Gasteiger charge is -2.31. The summed E-state index contributed by atoms with van der Waals surface area (Å²) < 4.78 is 501. The van der Waals surface area contributed by atoms with E-state index in [0.29, 0.717) is 6.54 Å². The Morgan fingerprint density at radius 1 is 0.430 bits per heavy atom. The quantitative estimate of drug-likeness (QED) is 0.0183. The molecule has 3 heterocycles. The maximum atomic E-state index is 13.1. The molecule has 0 aromatic carbocycles. The molecule has 618 valence electrons. The van der Waals surface area contributed by atoms with E-state index in [2.05, 4.69) is 40.5 Å². The number of nitrogens with zero attached hydrogens (tertiary/aromatic N) is 3. The lowest BCUT2D eigenvalue weighted by Crippen LogP contribution is -2.58. The van der Waals surface area contributed by atoms with Crippen molar-refractivity contribution in [3.05, 3.63) is 90.3 Å². The number of amides is 2. The normalized spacial score (nSPS) is 14.5. The monoisotopic (exact) mass is 1800 g/mol. The zero-order valence-corrected chi connectivity index (χ0v) is 52.4. The molecular formula is C46H32ClF40IN6O13. The number of carboxylic acids is 3. The van der Waals surface area contributed by atoms with Crippen molar-refractivity contribution in [2.24, 2.45) is 5.73 Å². The van der Waals surface area contributed by atoms with Crippen molar-refractivity contribution in [1.82, 2.24) is 20.6 Å². The fourth-order valence-corrected chi connectivity index (χ4v) is 5.20. The van der Waals surface area contributed by atoms with Crippen molar-refractivity contribution in [3.8, 4) is 0 Å². The third-order valence-electron chi connectivity index (χ3n) is 10.1. The molecule has 0 aliphatic rings. The average molecular weight is 1800 g/mol. The van der Waals surface area contributed by atoms with Crippen LogP contribution < -0.4 is 26.0 Å². The molecule has 107 heavy (non-hydrogen) atoms. The number of hydrogen-bond donors (Lipinski definition) is 5. The second-order valence-corrected chi connectivity index (χ2v) is 19.4. The number of ether oxygens (including phenoxy) is 4. The molecule has 61 heteroatoms. The van der Waals surface area contributed by atoms with Gasteiger partial charge in [-0.15, -0.1) is 0 Å². The number of nitrogens with two attached hydrogens (primary N) is 1. The van der Waals surface area contributed by atoms with Gasteiger partial charge in [0, 0.05) is 56.6 Å². The molecule has 0 spiro atoms. The van der Waals surface area contributed by atoms with Crippen molar-refractivity contribution in [3.63, 3.8) is 0 Å². The number of carbonyl (C=O) groups is 6. The maximum absolute atomic E-state index is 13.1. The molecule has 3 aromatic rings. The molecule has 4 unspecified atom stereocenters. The molecule has 2 amide bonds. The number of hydrogen-bond acceptors (Lipinski definition) is 14. The summed E-state index contributed by atoms with van der Waals surface area (Å²) in [7, 11) is 0. The highest BCUT2D eigenvalue weighted by atomic mass is 127. The molecule has 0 aliphatic carbocycles. The Hall–Kier alpha value is -7.51. The van der Waals surface area contributed by atoms with E-state index in [1.54, 1.807) is 35.0 Å². The van der Waals surface area contributed by atoms with Crippen LogP contribution in [0.3, 0.4) is 0 Å². The van der Waals surface area contributed by atoms with Gasteiger partial charge in [-0.2, -0.15) is 180 Å². The summed E-state index contributed by atoms with van der Waals surface area (Å²) in [5.74, 6) is -38.2. The summed E-state index contributed by atoms with van der Waals surface area (Å²) in [5, 5.41) is 26.1. The third-order valence-corrected chi connectivity index (χ3v) is 11.0. The lowest BCUT2D eigenvalue weighted by atomic mass is 10.2. The van der Waals surface area contributed by atoms with Crippen LogP contribution in [0.15, 0.2) is 73.6 Å². The van der Waals surface area contributed by atoms with Crippen LogP contribution in [0.4, 0.5) is 176 Å². The smallest absolute Gasteiger partial charge is 0.462 e. The molecule has 0 saturated carbocycles. The number of alkyl halides is 41. The number of carboxylic acid groups (broad SMARTS) is 3. The van der Waals surface area contributed by atoms with Gasteiger partial charge in [0.2, 0.25) is 18.3 Å². The predicted molar refractivity (Wildman–Crippen MR) is 264 cm³/mol. The van der Waals surface area contributed by atoms with Crippen molar-refractivity contribution in [2.45, 2.75) is 148 Å². The Labute approximate surface area is 580 Å². The van der Waals surface area contributed by atoms with E-state index in [9.17, 15) is 209 Å². The molecule has 4 atom stereocenters. The number of rotatable bonds is 24. The van der Waals surface area contributed by atoms with Gasteiger partial charge in [0.15, 0.2) is 18.9 Å². The van der Waals surface area contributed by atoms with Gasteiger partial charge in [-0.05, 0) is 52.6 Å². The van der Waals surface area contributed by atoms with Gasteiger partial charge in [-0.25, -0.2) is 4.79 Å². The third kappa shape index (κ3) is 32.3. The van der Waals surface area contributed by atoms with E-state index < -0.39 is 177 Å². The Morgan fingerprint density at radius 3 is 0.860 bits per heavy atom. The van der Waals surface area contributed by atoms with E-state index >= 15 is 0 Å². The SMILES string of the molecule is NCc1ccncc1.O=C(Cl)C(OC(F)(F)C(F)(F)C(F)(F)F)C(F)(F)F.O=C(NCc1ccncc1)C(OC(F)(F)C(F)(F)C(F)(F)F)C(F)(F)F.O=C(O)C(OC(F)(F)C(F)(F)C(F)(F)F)C(F)(F)F.O=C(O)CI.O=C([O-])C[n+]1ccc(CNC(=O)C(OC(F)(F)C(F)(F)C(F)(F)F)C(F)(F)F)cc1. The van der Waals surface area contributed by atoms with Gasteiger partial charge in [-0.3, -0.25) is 48.1 Å². The fraction of sp³-hybridized carbons (Fsp3) is 0.543. The molecule has 3 aromatic heterocycles. The first-order valence-corrected chi connectivity index (χ1v) is 26.8. The second-order valence-electron chi connectivity index (χ2n) is 18.3. The average Bonchev–Trinajstić information content (AvgIpc) is 0.785. The molecular weight excluding hydrogens is 1770 g/mol. The van der Waals surface area contributed by atoms with E-state index in [0.717, 1.165) is 47.1 Å². The van der Waals surface area contributed by atoms with Crippen LogP contribution in [0.25, 0.3) is 0 Å². The molecule has 0 radical (unpaired) electrons.